The normalized spacial score (nSPS) is 30.6. The quantitative estimate of drug-likeness (QED) is 0.512. The summed E-state index contributed by atoms with van der Waals surface area (Å²) in [6, 6.07) is -2.07. The Labute approximate surface area is 116 Å². The zero-order valence-corrected chi connectivity index (χ0v) is 11.0. The van der Waals surface area contributed by atoms with Crippen LogP contribution in [0, 0.1) is 0 Å². The molecule has 20 heavy (non-hydrogen) atoms. The molecular weight excluding hydrogens is 266 g/mol. The van der Waals surface area contributed by atoms with Gasteiger partial charge in [-0.1, -0.05) is 12.8 Å². The second-order valence-electron chi connectivity index (χ2n) is 5.19. The molecule has 0 spiro atoms. The van der Waals surface area contributed by atoms with Gasteiger partial charge < -0.3 is 20.8 Å². The highest BCUT2D eigenvalue weighted by Crippen LogP contribution is 2.19. The Morgan fingerprint density at radius 1 is 1.30 bits per heavy atom. The van der Waals surface area contributed by atoms with Gasteiger partial charge in [-0.05, 0) is 12.8 Å². The van der Waals surface area contributed by atoms with Gasteiger partial charge in [0, 0.05) is 6.54 Å². The first-order valence-corrected chi connectivity index (χ1v) is 6.73. The van der Waals surface area contributed by atoms with E-state index in [0.717, 1.165) is 17.7 Å². The number of rotatable bonds is 2. The van der Waals surface area contributed by atoms with Crippen molar-refractivity contribution in [3.05, 3.63) is 0 Å². The molecule has 8 heteroatoms. The van der Waals surface area contributed by atoms with Crippen LogP contribution >= 0.6 is 0 Å². The van der Waals surface area contributed by atoms with Gasteiger partial charge in [0.25, 0.3) is 0 Å². The lowest BCUT2D eigenvalue weighted by molar-refractivity contribution is -0.144. The lowest BCUT2D eigenvalue weighted by Crippen LogP contribution is -2.63. The van der Waals surface area contributed by atoms with Crippen LogP contribution in [0.25, 0.3) is 0 Å². The van der Waals surface area contributed by atoms with Gasteiger partial charge in [-0.25, -0.2) is 9.59 Å². The fraction of sp³-hybridized carbons (Fsp3) is 0.750. The summed E-state index contributed by atoms with van der Waals surface area (Å²) < 4.78 is 0. The van der Waals surface area contributed by atoms with Crippen LogP contribution < -0.4 is 10.6 Å². The predicted octanol–water partition coefficient (Wildman–Crippen LogP) is -1.12. The molecule has 3 unspecified atom stereocenters. The van der Waals surface area contributed by atoms with Crippen LogP contribution in [0.15, 0.2) is 0 Å². The van der Waals surface area contributed by atoms with Crippen molar-refractivity contribution in [1.29, 1.82) is 0 Å². The molecule has 8 nitrogen and oxygen atoms in total. The van der Waals surface area contributed by atoms with Crippen molar-refractivity contribution in [2.45, 2.75) is 43.9 Å². The summed E-state index contributed by atoms with van der Waals surface area (Å²) in [5.41, 5.74) is 0. The number of carboxylic acids is 1. The number of urea groups is 1. The SMILES string of the molecule is O=C1CN(C(=O)NC2CCCCC2O)C(C(=O)O)CN1. The topological polar surface area (TPSA) is 119 Å². The summed E-state index contributed by atoms with van der Waals surface area (Å²) in [7, 11) is 0. The molecule has 4 N–H and O–H groups in total. The molecule has 112 valence electrons. The first-order valence-electron chi connectivity index (χ1n) is 6.73. The van der Waals surface area contributed by atoms with Crippen molar-refractivity contribution < 1.29 is 24.6 Å². The van der Waals surface area contributed by atoms with Crippen molar-refractivity contribution in [3.63, 3.8) is 0 Å². The van der Waals surface area contributed by atoms with Crippen LogP contribution in [-0.2, 0) is 9.59 Å². The van der Waals surface area contributed by atoms with Gasteiger partial charge in [-0.2, -0.15) is 0 Å². The lowest BCUT2D eigenvalue weighted by Gasteiger charge is -2.35. The fourth-order valence-electron chi connectivity index (χ4n) is 2.60. The Balaban J connectivity index is 2.01. The molecule has 2 aliphatic rings. The highest BCUT2D eigenvalue weighted by atomic mass is 16.4. The van der Waals surface area contributed by atoms with Crippen molar-refractivity contribution in [2.24, 2.45) is 0 Å². The minimum absolute atomic E-state index is 0.102. The standard InChI is InChI=1S/C12H19N3O5/c16-9-4-2-1-3-7(9)14-12(20)15-6-10(17)13-5-8(15)11(18)19/h7-9,16H,1-6H2,(H,13,17)(H,14,20)(H,18,19). The third kappa shape index (κ3) is 3.19. The van der Waals surface area contributed by atoms with Crippen molar-refractivity contribution in [1.82, 2.24) is 15.5 Å². The number of aliphatic carboxylic acids is 1. The van der Waals surface area contributed by atoms with E-state index in [0.29, 0.717) is 12.8 Å². The summed E-state index contributed by atoms with van der Waals surface area (Å²) >= 11 is 0. The molecule has 1 saturated heterocycles. The molecule has 0 aromatic rings. The van der Waals surface area contributed by atoms with E-state index in [2.05, 4.69) is 10.6 Å². The van der Waals surface area contributed by atoms with E-state index >= 15 is 0 Å². The van der Waals surface area contributed by atoms with E-state index in [1.807, 2.05) is 0 Å². The van der Waals surface area contributed by atoms with Crippen molar-refractivity contribution >= 4 is 17.9 Å². The smallest absolute Gasteiger partial charge is 0.328 e. The number of carbonyl (C=O) groups is 3. The van der Waals surface area contributed by atoms with Gasteiger partial charge in [-0.15, -0.1) is 0 Å². The average molecular weight is 285 g/mol. The van der Waals surface area contributed by atoms with Crippen LogP contribution in [0.5, 0.6) is 0 Å². The number of amides is 3. The minimum Gasteiger partial charge on any atom is -0.480 e. The van der Waals surface area contributed by atoms with Gasteiger partial charge in [0.05, 0.1) is 12.1 Å². The van der Waals surface area contributed by atoms with Gasteiger partial charge >= 0.3 is 12.0 Å². The number of hydrogen-bond acceptors (Lipinski definition) is 4. The zero-order chi connectivity index (χ0) is 14.7. The van der Waals surface area contributed by atoms with Crippen LogP contribution in [0.2, 0.25) is 0 Å². The summed E-state index contributed by atoms with van der Waals surface area (Å²) in [6.45, 7) is -0.388. The number of hydrogen-bond donors (Lipinski definition) is 4. The molecule has 0 aromatic carbocycles. The molecule has 0 radical (unpaired) electrons. The first kappa shape index (κ1) is 14.6. The highest BCUT2D eigenvalue weighted by molar-refractivity contribution is 5.90. The van der Waals surface area contributed by atoms with Gasteiger partial charge in [0.2, 0.25) is 5.91 Å². The second-order valence-corrected chi connectivity index (χ2v) is 5.19. The number of aliphatic hydroxyl groups is 1. The third-order valence-electron chi connectivity index (χ3n) is 3.77. The van der Waals surface area contributed by atoms with Crippen LogP contribution in [0.1, 0.15) is 25.7 Å². The summed E-state index contributed by atoms with van der Waals surface area (Å²) in [4.78, 5) is 35.6. The Morgan fingerprint density at radius 2 is 2.00 bits per heavy atom. The lowest BCUT2D eigenvalue weighted by atomic mass is 9.93. The molecular formula is C12H19N3O5. The maximum absolute atomic E-state index is 12.1. The molecule has 1 saturated carbocycles. The Morgan fingerprint density at radius 3 is 2.65 bits per heavy atom. The number of piperazine rings is 1. The summed E-state index contributed by atoms with van der Waals surface area (Å²) in [5, 5.41) is 24.0. The molecule has 1 aliphatic heterocycles. The maximum atomic E-state index is 12.1. The number of aliphatic hydroxyl groups excluding tert-OH is 1. The first-order chi connectivity index (χ1) is 9.49. The summed E-state index contributed by atoms with van der Waals surface area (Å²) in [5.74, 6) is -1.55. The molecule has 0 bridgehead atoms. The molecule has 3 atom stereocenters. The third-order valence-corrected chi connectivity index (χ3v) is 3.77. The number of carboxylic acid groups (broad SMARTS) is 1. The van der Waals surface area contributed by atoms with Crippen LogP contribution in [0.4, 0.5) is 4.79 Å². The Kier molecular flexibility index (Phi) is 4.43. The van der Waals surface area contributed by atoms with Gasteiger partial charge in [0.15, 0.2) is 0 Å². The fourth-order valence-corrected chi connectivity index (χ4v) is 2.60. The number of nitrogens with one attached hydrogen (secondary N) is 2. The van der Waals surface area contributed by atoms with Gasteiger partial charge in [0.1, 0.15) is 12.6 Å². The van der Waals surface area contributed by atoms with Gasteiger partial charge in [-0.3, -0.25) is 9.69 Å². The van der Waals surface area contributed by atoms with Crippen LogP contribution in [-0.4, -0.2) is 64.3 Å². The largest absolute Gasteiger partial charge is 0.480 e. The minimum atomic E-state index is -1.16. The average Bonchev–Trinajstić information content (AvgIpc) is 2.40. The summed E-state index contributed by atoms with van der Waals surface area (Å²) in [6.07, 6.45) is 2.48. The van der Waals surface area contributed by atoms with Crippen molar-refractivity contribution in [3.8, 4) is 0 Å². The predicted molar refractivity (Wildman–Crippen MR) is 67.9 cm³/mol. The Bertz CT molecular complexity index is 414. The van der Waals surface area contributed by atoms with E-state index in [1.165, 1.54) is 0 Å². The maximum Gasteiger partial charge on any atom is 0.328 e. The van der Waals surface area contributed by atoms with E-state index in [9.17, 15) is 19.5 Å². The molecule has 1 aliphatic carbocycles. The zero-order valence-electron chi connectivity index (χ0n) is 11.0. The Hall–Kier alpha value is -1.83. The van der Waals surface area contributed by atoms with E-state index in [4.69, 9.17) is 5.11 Å². The van der Waals surface area contributed by atoms with E-state index in [1.54, 1.807) is 0 Å². The highest BCUT2D eigenvalue weighted by Gasteiger charge is 2.36. The second kappa shape index (κ2) is 6.08. The number of carbonyl (C=O) groups excluding carboxylic acids is 2. The van der Waals surface area contributed by atoms with E-state index < -0.39 is 24.1 Å². The molecule has 1 heterocycles. The molecule has 3 amide bonds. The number of nitrogens with zero attached hydrogens (tertiary/aromatic N) is 1. The molecule has 2 rings (SSSR count). The molecule has 2 fully saturated rings. The van der Waals surface area contributed by atoms with Crippen molar-refractivity contribution in [2.75, 3.05) is 13.1 Å². The van der Waals surface area contributed by atoms with Crippen LogP contribution in [0.3, 0.4) is 0 Å². The van der Waals surface area contributed by atoms with E-state index in [-0.39, 0.29) is 25.0 Å². The molecule has 0 aromatic heterocycles. The monoisotopic (exact) mass is 285 g/mol.